The molecule has 19 heavy (non-hydrogen) atoms. The van der Waals surface area contributed by atoms with Crippen LogP contribution in [0.1, 0.15) is 26.7 Å². The largest absolute Gasteiger partial charge is 0.381 e. The molecule has 2 fully saturated rings. The van der Waals surface area contributed by atoms with Crippen molar-refractivity contribution in [1.29, 1.82) is 0 Å². The molecule has 2 saturated heterocycles. The molecule has 0 aromatic rings. The smallest absolute Gasteiger partial charge is 0.0468 e. The first-order valence-corrected chi connectivity index (χ1v) is 7.90. The summed E-state index contributed by atoms with van der Waals surface area (Å²) in [6.07, 6.45) is 2.46. The molecule has 0 amide bonds. The summed E-state index contributed by atoms with van der Waals surface area (Å²) >= 11 is 0. The highest BCUT2D eigenvalue weighted by Crippen LogP contribution is 2.33. The topological polar surface area (TPSA) is 36.5 Å². The van der Waals surface area contributed by atoms with E-state index < -0.39 is 0 Å². The van der Waals surface area contributed by atoms with Crippen LogP contribution in [0.4, 0.5) is 0 Å². The van der Waals surface area contributed by atoms with Crippen molar-refractivity contribution in [2.75, 3.05) is 59.0 Å². The summed E-state index contributed by atoms with van der Waals surface area (Å²) in [5.74, 6) is 0.813. The van der Waals surface area contributed by atoms with E-state index in [1.54, 1.807) is 0 Å². The van der Waals surface area contributed by atoms with E-state index in [1.165, 1.54) is 32.5 Å². The van der Waals surface area contributed by atoms with Gasteiger partial charge in [0.15, 0.2) is 0 Å². The number of hydrogen-bond acceptors (Lipinski definition) is 4. The molecule has 2 aliphatic heterocycles. The molecule has 2 N–H and O–H groups in total. The molecule has 4 heteroatoms. The van der Waals surface area contributed by atoms with Gasteiger partial charge in [-0.05, 0) is 24.2 Å². The van der Waals surface area contributed by atoms with Crippen molar-refractivity contribution in [3.05, 3.63) is 0 Å². The molecule has 112 valence electrons. The lowest BCUT2D eigenvalue weighted by molar-refractivity contribution is 0.0227. The van der Waals surface area contributed by atoms with E-state index in [0.29, 0.717) is 5.41 Å². The lowest BCUT2D eigenvalue weighted by Crippen LogP contribution is -2.47. The van der Waals surface area contributed by atoms with Crippen molar-refractivity contribution in [1.82, 2.24) is 15.5 Å². The van der Waals surface area contributed by atoms with Gasteiger partial charge in [-0.3, -0.25) is 4.90 Å². The van der Waals surface area contributed by atoms with E-state index in [2.05, 4.69) is 29.4 Å². The molecule has 4 nitrogen and oxygen atoms in total. The Balaban J connectivity index is 1.60. The second kappa shape index (κ2) is 7.58. The monoisotopic (exact) mass is 269 g/mol. The van der Waals surface area contributed by atoms with Gasteiger partial charge in [-0.1, -0.05) is 13.8 Å². The average Bonchev–Trinajstić information content (AvgIpc) is 2.46. The molecular formula is C15H31N3O. The van der Waals surface area contributed by atoms with Gasteiger partial charge in [0.25, 0.3) is 0 Å². The van der Waals surface area contributed by atoms with Crippen LogP contribution in [-0.2, 0) is 4.74 Å². The molecule has 0 aliphatic carbocycles. The number of rotatable bonds is 6. The van der Waals surface area contributed by atoms with Gasteiger partial charge < -0.3 is 15.4 Å². The van der Waals surface area contributed by atoms with Crippen molar-refractivity contribution in [3.63, 3.8) is 0 Å². The maximum Gasteiger partial charge on any atom is 0.0468 e. The number of nitrogens with zero attached hydrogens (tertiary/aromatic N) is 1. The summed E-state index contributed by atoms with van der Waals surface area (Å²) in [5, 5.41) is 7.07. The minimum Gasteiger partial charge on any atom is -0.381 e. The van der Waals surface area contributed by atoms with Crippen LogP contribution in [0, 0.1) is 11.3 Å². The first-order valence-electron chi connectivity index (χ1n) is 7.90. The minimum absolute atomic E-state index is 0.396. The third-order valence-corrected chi connectivity index (χ3v) is 4.72. The van der Waals surface area contributed by atoms with E-state index in [-0.39, 0.29) is 0 Å². The van der Waals surface area contributed by atoms with Crippen molar-refractivity contribution < 1.29 is 4.74 Å². The van der Waals surface area contributed by atoms with Gasteiger partial charge in [0.1, 0.15) is 0 Å². The highest BCUT2D eigenvalue weighted by Gasteiger charge is 2.30. The van der Waals surface area contributed by atoms with Crippen LogP contribution in [0.15, 0.2) is 0 Å². The Morgan fingerprint density at radius 1 is 1.21 bits per heavy atom. The van der Waals surface area contributed by atoms with E-state index in [1.807, 2.05) is 0 Å². The summed E-state index contributed by atoms with van der Waals surface area (Å²) in [6.45, 7) is 14.8. The average molecular weight is 269 g/mol. The normalized spacial score (nSPS) is 23.7. The standard InChI is InChI=1S/C15H31N3O/c1-15(2,14-3-11-19-12-4-14)13-17-7-10-18-8-5-16-6-9-18/h14,16-17H,3-13H2,1-2H3. The number of nitrogens with one attached hydrogen (secondary N) is 2. The third kappa shape index (κ3) is 5.03. The quantitative estimate of drug-likeness (QED) is 0.704. The maximum absolute atomic E-state index is 5.47. The second-order valence-electron chi connectivity index (χ2n) is 6.64. The summed E-state index contributed by atoms with van der Waals surface area (Å²) in [6, 6.07) is 0. The zero-order chi connectivity index (χ0) is 13.6. The van der Waals surface area contributed by atoms with Crippen molar-refractivity contribution in [2.45, 2.75) is 26.7 Å². The van der Waals surface area contributed by atoms with Gasteiger partial charge in [-0.15, -0.1) is 0 Å². The minimum atomic E-state index is 0.396. The van der Waals surface area contributed by atoms with Crippen molar-refractivity contribution in [3.8, 4) is 0 Å². The van der Waals surface area contributed by atoms with E-state index in [4.69, 9.17) is 4.74 Å². The third-order valence-electron chi connectivity index (χ3n) is 4.72. The molecular weight excluding hydrogens is 238 g/mol. The SMILES string of the molecule is CC(C)(CNCCN1CCNCC1)C1CCOCC1. The number of piperazine rings is 1. The summed E-state index contributed by atoms with van der Waals surface area (Å²) in [5.41, 5.74) is 0.396. The predicted octanol–water partition coefficient (Wildman–Crippen LogP) is 0.934. The molecule has 2 heterocycles. The second-order valence-corrected chi connectivity index (χ2v) is 6.64. The van der Waals surface area contributed by atoms with E-state index in [9.17, 15) is 0 Å². The Kier molecular flexibility index (Phi) is 6.07. The van der Waals surface area contributed by atoms with Gasteiger partial charge in [0.2, 0.25) is 0 Å². The van der Waals surface area contributed by atoms with Crippen LogP contribution in [0.5, 0.6) is 0 Å². The van der Waals surface area contributed by atoms with Gasteiger partial charge >= 0.3 is 0 Å². The van der Waals surface area contributed by atoms with Gasteiger partial charge in [0.05, 0.1) is 0 Å². The molecule has 0 aromatic carbocycles. The molecule has 0 bridgehead atoms. The zero-order valence-corrected chi connectivity index (χ0v) is 12.7. The zero-order valence-electron chi connectivity index (χ0n) is 12.7. The molecule has 0 spiro atoms. The maximum atomic E-state index is 5.47. The van der Waals surface area contributed by atoms with Crippen LogP contribution in [0.2, 0.25) is 0 Å². The van der Waals surface area contributed by atoms with Crippen LogP contribution in [0.3, 0.4) is 0 Å². The fraction of sp³-hybridized carbons (Fsp3) is 1.00. The summed E-state index contributed by atoms with van der Waals surface area (Å²) in [7, 11) is 0. The molecule has 0 saturated carbocycles. The fourth-order valence-electron chi connectivity index (χ4n) is 3.21. The van der Waals surface area contributed by atoms with Gasteiger partial charge in [-0.2, -0.15) is 0 Å². The highest BCUT2D eigenvalue weighted by atomic mass is 16.5. The van der Waals surface area contributed by atoms with Gasteiger partial charge in [-0.25, -0.2) is 0 Å². The molecule has 2 rings (SSSR count). The van der Waals surface area contributed by atoms with Crippen LogP contribution in [0.25, 0.3) is 0 Å². The molecule has 0 unspecified atom stereocenters. The van der Waals surface area contributed by atoms with Crippen LogP contribution in [-0.4, -0.2) is 63.9 Å². The lowest BCUT2D eigenvalue weighted by Gasteiger charge is -2.37. The molecule has 0 radical (unpaired) electrons. The van der Waals surface area contributed by atoms with Gasteiger partial charge in [0, 0.05) is 59.0 Å². The first-order chi connectivity index (χ1) is 9.18. The Hall–Kier alpha value is -0.160. The summed E-state index contributed by atoms with van der Waals surface area (Å²) in [4.78, 5) is 2.55. The van der Waals surface area contributed by atoms with Crippen LogP contribution < -0.4 is 10.6 Å². The van der Waals surface area contributed by atoms with Crippen molar-refractivity contribution in [2.24, 2.45) is 11.3 Å². The number of hydrogen-bond donors (Lipinski definition) is 2. The Labute approximate surface area is 118 Å². The Morgan fingerprint density at radius 2 is 1.89 bits per heavy atom. The Morgan fingerprint density at radius 3 is 2.58 bits per heavy atom. The van der Waals surface area contributed by atoms with Crippen LogP contribution >= 0.6 is 0 Å². The molecule has 0 atom stereocenters. The van der Waals surface area contributed by atoms with Crippen molar-refractivity contribution >= 4 is 0 Å². The molecule has 2 aliphatic rings. The Bertz CT molecular complexity index is 246. The summed E-state index contributed by atoms with van der Waals surface area (Å²) < 4.78 is 5.47. The predicted molar refractivity (Wildman–Crippen MR) is 79.5 cm³/mol. The van der Waals surface area contributed by atoms with E-state index in [0.717, 1.165) is 45.3 Å². The highest BCUT2D eigenvalue weighted by molar-refractivity contribution is 4.82. The lowest BCUT2D eigenvalue weighted by atomic mass is 9.74. The van der Waals surface area contributed by atoms with E-state index >= 15 is 0 Å². The number of ether oxygens (including phenoxy) is 1. The fourth-order valence-corrected chi connectivity index (χ4v) is 3.21. The first kappa shape index (κ1) is 15.2. The molecule has 0 aromatic heterocycles.